The summed E-state index contributed by atoms with van der Waals surface area (Å²) in [5.41, 5.74) is 2.69. The van der Waals surface area contributed by atoms with Crippen molar-refractivity contribution in [1.29, 1.82) is 0 Å². The number of hydrogen-bond acceptors (Lipinski definition) is 4. The number of benzene rings is 1. The number of carbonyl (C=O) groups is 1. The molecule has 0 radical (unpaired) electrons. The second-order valence-electron chi connectivity index (χ2n) is 5.28. The van der Waals surface area contributed by atoms with Gasteiger partial charge in [-0.25, -0.2) is 9.97 Å². The highest BCUT2D eigenvalue weighted by Gasteiger charge is 2.19. The van der Waals surface area contributed by atoms with Gasteiger partial charge < -0.3 is 5.32 Å². The van der Waals surface area contributed by atoms with E-state index in [0.29, 0.717) is 4.88 Å². The fourth-order valence-electron chi connectivity index (χ4n) is 2.52. The van der Waals surface area contributed by atoms with Crippen LogP contribution in [0.3, 0.4) is 0 Å². The summed E-state index contributed by atoms with van der Waals surface area (Å²) in [4.78, 5) is 23.3. The lowest BCUT2D eigenvalue weighted by Crippen LogP contribution is -2.11. The number of aromatic nitrogens is 2. The van der Waals surface area contributed by atoms with Gasteiger partial charge in [-0.3, -0.25) is 4.79 Å². The van der Waals surface area contributed by atoms with Gasteiger partial charge in [-0.15, -0.1) is 11.3 Å². The van der Waals surface area contributed by atoms with E-state index in [0.717, 1.165) is 43.0 Å². The van der Waals surface area contributed by atoms with Crippen LogP contribution in [0.1, 0.15) is 33.7 Å². The molecule has 0 unspecified atom stereocenters. The van der Waals surface area contributed by atoms with Gasteiger partial charge in [0.1, 0.15) is 10.7 Å². The molecule has 0 bridgehead atoms. The van der Waals surface area contributed by atoms with E-state index in [1.165, 1.54) is 11.3 Å². The van der Waals surface area contributed by atoms with Crippen LogP contribution in [0.5, 0.6) is 0 Å². The second-order valence-corrected chi connectivity index (χ2v) is 7.52. The number of amides is 1. The summed E-state index contributed by atoms with van der Waals surface area (Å²) in [5, 5.41) is 3.97. The number of halogens is 1. The lowest BCUT2D eigenvalue weighted by Gasteiger charge is -2.05. The average molecular weight is 437 g/mol. The van der Waals surface area contributed by atoms with Gasteiger partial charge >= 0.3 is 0 Å². The van der Waals surface area contributed by atoms with Gasteiger partial charge in [0, 0.05) is 26.8 Å². The fraction of sp³-hybridized carbons (Fsp3) is 0.235. The number of fused-ring (bicyclic) bond motifs is 1. The first-order valence-corrected chi connectivity index (χ1v) is 9.22. The van der Waals surface area contributed by atoms with Gasteiger partial charge in [0.25, 0.3) is 5.91 Å². The van der Waals surface area contributed by atoms with E-state index in [4.69, 9.17) is 0 Å². The van der Waals surface area contributed by atoms with Crippen LogP contribution >= 0.6 is 33.9 Å². The summed E-state index contributed by atoms with van der Waals surface area (Å²) in [7, 11) is 0. The van der Waals surface area contributed by atoms with Crippen molar-refractivity contribution in [2.75, 3.05) is 5.32 Å². The summed E-state index contributed by atoms with van der Waals surface area (Å²) in [6.07, 6.45) is 0.789. The molecule has 3 rings (SSSR count). The molecule has 2 heterocycles. The molecule has 0 aliphatic carbocycles. The van der Waals surface area contributed by atoms with Crippen molar-refractivity contribution >= 4 is 55.7 Å². The molecule has 0 fully saturated rings. The third-order valence-electron chi connectivity index (χ3n) is 3.62. The highest BCUT2D eigenvalue weighted by molar-refractivity contribution is 14.1. The highest BCUT2D eigenvalue weighted by atomic mass is 127. The van der Waals surface area contributed by atoms with Crippen LogP contribution in [0, 0.1) is 17.4 Å². The number of rotatable bonds is 3. The number of anilines is 1. The molecule has 2 aromatic heterocycles. The summed E-state index contributed by atoms with van der Waals surface area (Å²) < 4.78 is 1.09. The maximum absolute atomic E-state index is 12.6. The number of hydrogen-bond donors (Lipinski definition) is 1. The summed E-state index contributed by atoms with van der Waals surface area (Å²) in [6, 6.07) is 7.76. The van der Waals surface area contributed by atoms with Crippen LogP contribution in [0.15, 0.2) is 24.3 Å². The SMILES string of the molecule is CCc1nc(C)c2c(C)c(C(=O)Nc3cccc(I)c3)sc2n1. The van der Waals surface area contributed by atoms with Gasteiger partial charge in [0.2, 0.25) is 0 Å². The molecular weight excluding hydrogens is 421 g/mol. The first kappa shape index (κ1) is 16.3. The summed E-state index contributed by atoms with van der Waals surface area (Å²) in [6.45, 7) is 5.97. The van der Waals surface area contributed by atoms with Crippen molar-refractivity contribution < 1.29 is 4.79 Å². The van der Waals surface area contributed by atoms with Crippen molar-refractivity contribution in [3.8, 4) is 0 Å². The van der Waals surface area contributed by atoms with Gasteiger partial charge in [-0.1, -0.05) is 13.0 Å². The molecule has 0 aliphatic heterocycles. The largest absolute Gasteiger partial charge is 0.321 e. The molecule has 1 amide bonds. The smallest absolute Gasteiger partial charge is 0.266 e. The van der Waals surface area contributed by atoms with E-state index in [2.05, 4.69) is 37.9 Å². The second kappa shape index (κ2) is 6.52. The van der Waals surface area contributed by atoms with Crippen molar-refractivity contribution in [3.05, 3.63) is 49.8 Å². The van der Waals surface area contributed by atoms with E-state index in [1.54, 1.807) is 0 Å². The zero-order chi connectivity index (χ0) is 16.6. The molecule has 1 N–H and O–H groups in total. The van der Waals surface area contributed by atoms with E-state index in [-0.39, 0.29) is 5.91 Å². The van der Waals surface area contributed by atoms with Crippen molar-refractivity contribution in [2.24, 2.45) is 0 Å². The van der Waals surface area contributed by atoms with Crippen molar-refractivity contribution in [3.63, 3.8) is 0 Å². The zero-order valence-corrected chi connectivity index (χ0v) is 16.1. The molecule has 0 saturated carbocycles. The number of thiophene rings is 1. The van der Waals surface area contributed by atoms with Crippen LogP contribution in [0.2, 0.25) is 0 Å². The van der Waals surface area contributed by atoms with E-state index < -0.39 is 0 Å². The standard InChI is InChI=1S/C17H16IN3OS/c1-4-13-19-10(3)14-9(2)15(23-17(14)21-13)16(22)20-12-7-5-6-11(18)8-12/h5-8H,4H2,1-3H3,(H,20,22). The Balaban J connectivity index is 2.01. The molecule has 3 aromatic rings. The van der Waals surface area contributed by atoms with Crippen LogP contribution in [0.4, 0.5) is 5.69 Å². The maximum Gasteiger partial charge on any atom is 0.266 e. The Morgan fingerprint density at radius 2 is 2.09 bits per heavy atom. The van der Waals surface area contributed by atoms with E-state index in [9.17, 15) is 4.79 Å². The monoisotopic (exact) mass is 437 g/mol. The quantitative estimate of drug-likeness (QED) is 0.603. The Kier molecular flexibility index (Phi) is 4.63. The molecule has 0 aliphatic rings. The molecule has 118 valence electrons. The Hall–Kier alpha value is -1.54. The minimum Gasteiger partial charge on any atom is -0.321 e. The predicted molar refractivity (Wildman–Crippen MR) is 103 cm³/mol. The molecule has 0 saturated heterocycles. The molecule has 6 heteroatoms. The molecule has 4 nitrogen and oxygen atoms in total. The topological polar surface area (TPSA) is 54.9 Å². The normalized spacial score (nSPS) is 11.0. The first-order valence-electron chi connectivity index (χ1n) is 7.33. The van der Waals surface area contributed by atoms with Gasteiger partial charge in [-0.05, 0) is 60.2 Å². The number of aryl methyl sites for hydroxylation is 3. The number of nitrogens with zero attached hydrogens (tertiary/aromatic N) is 2. The highest BCUT2D eigenvalue weighted by Crippen LogP contribution is 2.32. The minimum absolute atomic E-state index is 0.0926. The third-order valence-corrected chi connectivity index (χ3v) is 5.48. The third kappa shape index (κ3) is 3.23. The Labute approximate surface area is 152 Å². The van der Waals surface area contributed by atoms with Gasteiger partial charge in [-0.2, -0.15) is 0 Å². The summed E-state index contributed by atoms with van der Waals surface area (Å²) in [5.74, 6) is 0.728. The van der Waals surface area contributed by atoms with E-state index in [1.807, 2.05) is 45.0 Å². The Morgan fingerprint density at radius 1 is 1.30 bits per heavy atom. The minimum atomic E-state index is -0.0926. The fourth-order valence-corrected chi connectivity index (χ4v) is 4.21. The van der Waals surface area contributed by atoms with Crippen LogP contribution in [0.25, 0.3) is 10.2 Å². The predicted octanol–water partition coefficient (Wildman–Crippen LogP) is 4.73. The summed E-state index contributed by atoms with van der Waals surface area (Å²) >= 11 is 3.66. The Bertz CT molecular complexity index is 904. The number of nitrogens with one attached hydrogen (secondary N) is 1. The van der Waals surface area contributed by atoms with Crippen molar-refractivity contribution in [1.82, 2.24) is 9.97 Å². The zero-order valence-electron chi connectivity index (χ0n) is 13.1. The lowest BCUT2D eigenvalue weighted by molar-refractivity contribution is 0.103. The number of carbonyl (C=O) groups excluding carboxylic acids is 1. The Morgan fingerprint density at radius 3 is 2.78 bits per heavy atom. The molecule has 1 aromatic carbocycles. The molecule has 0 atom stereocenters. The van der Waals surface area contributed by atoms with Crippen LogP contribution in [-0.4, -0.2) is 15.9 Å². The molecule has 0 spiro atoms. The van der Waals surface area contributed by atoms with Gasteiger partial charge in [0.05, 0.1) is 4.88 Å². The lowest BCUT2D eigenvalue weighted by atomic mass is 10.1. The van der Waals surface area contributed by atoms with E-state index >= 15 is 0 Å². The van der Waals surface area contributed by atoms with Crippen molar-refractivity contribution in [2.45, 2.75) is 27.2 Å². The average Bonchev–Trinajstić information content (AvgIpc) is 2.84. The van der Waals surface area contributed by atoms with Crippen LogP contribution < -0.4 is 5.32 Å². The molecule has 23 heavy (non-hydrogen) atoms. The van der Waals surface area contributed by atoms with Gasteiger partial charge in [0.15, 0.2) is 0 Å². The first-order chi connectivity index (χ1) is 11.0. The maximum atomic E-state index is 12.6. The molecular formula is C17H16IN3OS. The van der Waals surface area contributed by atoms with Crippen LogP contribution in [-0.2, 0) is 6.42 Å².